The molecule has 0 spiro atoms. The van der Waals surface area contributed by atoms with E-state index in [1.54, 1.807) is 6.20 Å². The van der Waals surface area contributed by atoms with Crippen molar-refractivity contribution in [3.8, 4) is 0 Å². The molecule has 0 aliphatic heterocycles. The first-order valence-electron chi connectivity index (χ1n) is 4.10. The van der Waals surface area contributed by atoms with Gasteiger partial charge >= 0.3 is 0 Å². The zero-order chi connectivity index (χ0) is 8.81. The minimum absolute atomic E-state index is 0.591. The van der Waals surface area contributed by atoms with Crippen molar-refractivity contribution in [1.29, 1.82) is 0 Å². The van der Waals surface area contributed by atoms with Gasteiger partial charge in [-0.25, -0.2) is 4.98 Å². The monoisotopic (exact) mass is 169 g/mol. The quantitative estimate of drug-likeness (QED) is 0.701. The summed E-state index contributed by atoms with van der Waals surface area (Å²) < 4.78 is 7.25. The van der Waals surface area contributed by atoms with Gasteiger partial charge in [-0.3, -0.25) is 0 Å². The molecule has 1 rings (SSSR count). The van der Waals surface area contributed by atoms with Crippen LogP contribution in [0, 0.1) is 0 Å². The van der Waals surface area contributed by atoms with Crippen molar-refractivity contribution in [3.63, 3.8) is 0 Å². The Hall–Kier alpha value is -0.870. The Labute approximate surface area is 72.6 Å². The molecule has 4 nitrogen and oxygen atoms in total. The third-order valence-corrected chi connectivity index (χ3v) is 1.57. The molecule has 1 aromatic heterocycles. The fourth-order valence-electron chi connectivity index (χ4n) is 0.973. The van der Waals surface area contributed by atoms with E-state index in [1.807, 2.05) is 24.7 Å². The van der Waals surface area contributed by atoms with Crippen LogP contribution in [0.5, 0.6) is 0 Å². The van der Waals surface area contributed by atoms with E-state index in [-0.39, 0.29) is 0 Å². The molecule has 1 heterocycles. The number of nitrogens with zero attached hydrogens (tertiary/aromatic N) is 2. The van der Waals surface area contributed by atoms with E-state index in [0.29, 0.717) is 6.73 Å². The number of hydrogen-bond donors (Lipinski definition) is 1. The molecule has 4 heteroatoms. The summed E-state index contributed by atoms with van der Waals surface area (Å²) in [5.74, 6) is 1.01. The van der Waals surface area contributed by atoms with E-state index in [2.05, 4.69) is 10.3 Å². The van der Waals surface area contributed by atoms with Gasteiger partial charge in [0.25, 0.3) is 0 Å². The molecule has 1 N–H and O–H groups in total. The molecular weight excluding hydrogens is 154 g/mol. The standard InChI is InChI=1S/C8H15N3O/c1-3-12-7-11-5-4-10-8(11)6-9-2/h4-5,9H,3,6-7H2,1-2H3. The first-order valence-corrected chi connectivity index (χ1v) is 4.10. The summed E-state index contributed by atoms with van der Waals surface area (Å²) in [7, 11) is 1.90. The smallest absolute Gasteiger partial charge is 0.124 e. The zero-order valence-electron chi connectivity index (χ0n) is 7.58. The zero-order valence-corrected chi connectivity index (χ0v) is 7.58. The summed E-state index contributed by atoms with van der Waals surface area (Å²) in [5.41, 5.74) is 0. The summed E-state index contributed by atoms with van der Waals surface area (Å²) in [6.07, 6.45) is 3.70. The van der Waals surface area contributed by atoms with Gasteiger partial charge in [-0.05, 0) is 14.0 Å². The maximum atomic E-state index is 5.26. The van der Waals surface area contributed by atoms with Crippen molar-refractivity contribution < 1.29 is 4.74 Å². The summed E-state index contributed by atoms with van der Waals surface area (Å²) in [5, 5.41) is 3.05. The van der Waals surface area contributed by atoms with Gasteiger partial charge in [0.05, 0.1) is 6.54 Å². The highest BCUT2D eigenvalue weighted by molar-refractivity contribution is 4.90. The van der Waals surface area contributed by atoms with Gasteiger partial charge in [0, 0.05) is 19.0 Å². The molecule has 0 aliphatic rings. The van der Waals surface area contributed by atoms with Gasteiger partial charge in [-0.2, -0.15) is 0 Å². The lowest BCUT2D eigenvalue weighted by Crippen LogP contribution is -2.13. The van der Waals surface area contributed by atoms with Crippen LogP contribution >= 0.6 is 0 Å². The van der Waals surface area contributed by atoms with Crippen LogP contribution in [0.3, 0.4) is 0 Å². The number of hydrogen-bond acceptors (Lipinski definition) is 3. The molecule has 0 unspecified atom stereocenters. The second-order valence-electron chi connectivity index (χ2n) is 2.47. The Kier molecular flexibility index (Phi) is 3.76. The molecule has 0 aromatic carbocycles. The normalized spacial score (nSPS) is 10.5. The molecule has 0 saturated heterocycles. The lowest BCUT2D eigenvalue weighted by Gasteiger charge is -2.06. The Morgan fingerprint density at radius 2 is 2.50 bits per heavy atom. The molecule has 0 aliphatic carbocycles. The van der Waals surface area contributed by atoms with Crippen LogP contribution in [0.15, 0.2) is 12.4 Å². The maximum Gasteiger partial charge on any atom is 0.124 e. The first kappa shape index (κ1) is 9.22. The minimum atomic E-state index is 0.591. The Morgan fingerprint density at radius 1 is 1.67 bits per heavy atom. The van der Waals surface area contributed by atoms with Crippen LogP contribution in [0.25, 0.3) is 0 Å². The third kappa shape index (κ3) is 2.32. The second-order valence-corrected chi connectivity index (χ2v) is 2.47. The van der Waals surface area contributed by atoms with Crippen LogP contribution in [0.1, 0.15) is 12.7 Å². The maximum absolute atomic E-state index is 5.26. The van der Waals surface area contributed by atoms with Gasteiger partial charge in [-0.15, -0.1) is 0 Å². The average molecular weight is 169 g/mol. The van der Waals surface area contributed by atoms with E-state index in [4.69, 9.17) is 4.74 Å². The topological polar surface area (TPSA) is 39.1 Å². The van der Waals surface area contributed by atoms with Crippen LogP contribution < -0.4 is 5.32 Å². The summed E-state index contributed by atoms with van der Waals surface area (Å²) >= 11 is 0. The summed E-state index contributed by atoms with van der Waals surface area (Å²) in [6.45, 7) is 4.08. The van der Waals surface area contributed by atoms with Crippen molar-refractivity contribution in [2.45, 2.75) is 20.2 Å². The molecule has 68 valence electrons. The molecular formula is C8H15N3O. The first-order chi connectivity index (χ1) is 5.88. The number of rotatable bonds is 5. The molecule has 0 saturated carbocycles. The molecule has 12 heavy (non-hydrogen) atoms. The Morgan fingerprint density at radius 3 is 3.17 bits per heavy atom. The van der Waals surface area contributed by atoms with E-state index in [9.17, 15) is 0 Å². The predicted molar refractivity (Wildman–Crippen MR) is 46.6 cm³/mol. The lowest BCUT2D eigenvalue weighted by atomic mass is 10.6. The van der Waals surface area contributed by atoms with Gasteiger partial charge in [0.15, 0.2) is 0 Å². The van der Waals surface area contributed by atoms with Crippen molar-refractivity contribution in [2.75, 3.05) is 13.7 Å². The Balaban J connectivity index is 2.51. The van der Waals surface area contributed by atoms with Gasteiger partial charge < -0.3 is 14.6 Å². The third-order valence-electron chi connectivity index (χ3n) is 1.57. The van der Waals surface area contributed by atoms with Gasteiger partial charge in [-0.1, -0.05) is 0 Å². The second kappa shape index (κ2) is 4.90. The van der Waals surface area contributed by atoms with E-state index >= 15 is 0 Å². The van der Waals surface area contributed by atoms with Crippen molar-refractivity contribution in [1.82, 2.24) is 14.9 Å². The fourth-order valence-corrected chi connectivity index (χ4v) is 0.973. The van der Waals surface area contributed by atoms with Crippen LogP contribution in [0.2, 0.25) is 0 Å². The molecule has 0 atom stereocenters. The Bertz CT molecular complexity index is 222. The lowest BCUT2D eigenvalue weighted by molar-refractivity contribution is 0.0856. The van der Waals surface area contributed by atoms with Crippen molar-refractivity contribution >= 4 is 0 Å². The van der Waals surface area contributed by atoms with Crippen molar-refractivity contribution in [3.05, 3.63) is 18.2 Å². The highest BCUT2D eigenvalue weighted by atomic mass is 16.5. The van der Waals surface area contributed by atoms with Crippen LogP contribution in [-0.4, -0.2) is 23.2 Å². The summed E-state index contributed by atoms with van der Waals surface area (Å²) in [4.78, 5) is 4.18. The number of nitrogens with one attached hydrogen (secondary N) is 1. The van der Waals surface area contributed by atoms with E-state index < -0.39 is 0 Å². The molecule has 1 aromatic rings. The summed E-state index contributed by atoms with van der Waals surface area (Å²) in [6, 6.07) is 0. The highest BCUT2D eigenvalue weighted by Gasteiger charge is 1.99. The van der Waals surface area contributed by atoms with E-state index in [0.717, 1.165) is 19.0 Å². The largest absolute Gasteiger partial charge is 0.361 e. The fraction of sp³-hybridized carbons (Fsp3) is 0.625. The average Bonchev–Trinajstić information content (AvgIpc) is 2.50. The molecule has 0 bridgehead atoms. The predicted octanol–water partition coefficient (Wildman–Crippen LogP) is 0.596. The molecule has 0 radical (unpaired) electrons. The number of imidazole rings is 1. The molecule has 0 amide bonds. The molecule has 0 fully saturated rings. The van der Waals surface area contributed by atoms with Crippen LogP contribution in [0.4, 0.5) is 0 Å². The van der Waals surface area contributed by atoms with E-state index in [1.165, 1.54) is 0 Å². The SMILES string of the molecule is CCOCn1ccnc1CNC. The van der Waals surface area contributed by atoms with Gasteiger partial charge in [0.1, 0.15) is 12.6 Å². The minimum Gasteiger partial charge on any atom is -0.361 e. The van der Waals surface area contributed by atoms with Gasteiger partial charge in [0.2, 0.25) is 0 Å². The highest BCUT2D eigenvalue weighted by Crippen LogP contribution is 1.96. The number of aromatic nitrogens is 2. The van der Waals surface area contributed by atoms with Crippen LogP contribution in [-0.2, 0) is 18.0 Å². The number of ether oxygens (including phenoxy) is 1. The van der Waals surface area contributed by atoms with Crippen molar-refractivity contribution in [2.24, 2.45) is 0 Å².